The quantitative estimate of drug-likeness (QED) is 0.901. The summed E-state index contributed by atoms with van der Waals surface area (Å²) in [7, 11) is 0. The smallest absolute Gasteiger partial charge is 0.245 e. The number of halogens is 1. The van der Waals surface area contributed by atoms with Crippen molar-refractivity contribution in [2.24, 2.45) is 0 Å². The largest absolute Gasteiger partial charge is 0.397 e. The summed E-state index contributed by atoms with van der Waals surface area (Å²) in [6, 6.07) is 0. The fourth-order valence-electron chi connectivity index (χ4n) is 1.29. The highest BCUT2D eigenvalue weighted by Gasteiger charge is 2.08. The molecule has 0 amide bonds. The SMILES string of the molecule is Cc1noc(CNc2ncc(N)c(C)c2Br)n1. The first-order valence-electron chi connectivity index (χ1n) is 5.01. The van der Waals surface area contributed by atoms with E-state index in [-0.39, 0.29) is 0 Å². The third-order valence-electron chi connectivity index (χ3n) is 2.28. The van der Waals surface area contributed by atoms with Gasteiger partial charge in [-0.1, -0.05) is 5.16 Å². The predicted molar refractivity (Wildman–Crippen MR) is 67.4 cm³/mol. The van der Waals surface area contributed by atoms with E-state index in [0.717, 1.165) is 10.0 Å². The van der Waals surface area contributed by atoms with E-state index in [1.165, 1.54) is 0 Å². The van der Waals surface area contributed by atoms with Crippen LogP contribution in [0, 0.1) is 13.8 Å². The molecule has 0 atom stereocenters. The maximum atomic E-state index is 5.74. The number of anilines is 2. The van der Waals surface area contributed by atoms with Crippen molar-refractivity contribution in [3.8, 4) is 0 Å². The van der Waals surface area contributed by atoms with Gasteiger partial charge >= 0.3 is 0 Å². The third kappa shape index (κ3) is 2.55. The maximum Gasteiger partial charge on any atom is 0.245 e. The highest BCUT2D eigenvalue weighted by molar-refractivity contribution is 9.10. The van der Waals surface area contributed by atoms with Gasteiger partial charge in [0.15, 0.2) is 5.82 Å². The second-order valence-electron chi connectivity index (χ2n) is 3.59. The van der Waals surface area contributed by atoms with E-state index in [1.807, 2.05) is 6.92 Å². The van der Waals surface area contributed by atoms with Gasteiger partial charge < -0.3 is 15.6 Å². The molecule has 7 heteroatoms. The first kappa shape index (κ1) is 11.8. The second kappa shape index (κ2) is 4.70. The number of aryl methyl sites for hydroxylation is 1. The van der Waals surface area contributed by atoms with Crippen molar-refractivity contribution in [1.29, 1.82) is 0 Å². The van der Waals surface area contributed by atoms with Gasteiger partial charge in [0, 0.05) is 0 Å². The Bertz CT molecular complexity index is 539. The molecular weight excluding hydrogens is 286 g/mol. The summed E-state index contributed by atoms with van der Waals surface area (Å²) in [5, 5.41) is 6.81. The van der Waals surface area contributed by atoms with Crippen LogP contribution in [0.4, 0.5) is 11.5 Å². The average Bonchev–Trinajstić information content (AvgIpc) is 2.71. The van der Waals surface area contributed by atoms with Crippen LogP contribution in [0.2, 0.25) is 0 Å². The molecule has 0 spiro atoms. The Morgan fingerprint density at radius 2 is 2.24 bits per heavy atom. The third-order valence-corrected chi connectivity index (χ3v) is 3.25. The Kier molecular flexibility index (Phi) is 3.28. The molecule has 0 radical (unpaired) electrons. The van der Waals surface area contributed by atoms with E-state index >= 15 is 0 Å². The minimum absolute atomic E-state index is 0.426. The van der Waals surface area contributed by atoms with Crippen molar-refractivity contribution in [3.63, 3.8) is 0 Å². The van der Waals surface area contributed by atoms with Crippen LogP contribution in [0.15, 0.2) is 15.2 Å². The van der Waals surface area contributed by atoms with Gasteiger partial charge in [0.1, 0.15) is 5.82 Å². The van der Waals surface area contributed by atoms with Crippen molar-refractivity contribution < 1.29 is 4.52 Å². The molecule has 0 bridgehead atoms. The number of nitrogen functional groups attached to an aromatic ring is 1. The van der Waals surface area contributed by atoms with Gasteiger partial charge in [-0.25, -0.2) is 4.98 Å². The molecule has 0 saturated carbocycles. The summed E-state index contributed by atoms with van der Waals surface area (Å²) >= 11 is 3.44. The highest BCUT2D eigenvalue weighted by atomic mass is 79.9. The molecule has 0 aliphatic heterocycles. The lowest BCUT2D eigenvalue weighted by Crippen LogP contribution is -2.04. The molecule has 2 aromatic rings. The topological polar surface area (TPSA) is 89.9 Å². The molecule has 3 N–H and O–H groups in total. The van der Waals surface area contributed by atoms with Crippen LogP contribution in [0.3, 0.4) is 0 Å². The highest BCUT2D eigenvalue weighted by Crippen LogP contribution is 2.27. The number of aromatic nitrogens is 3. The van der Waals surface area contributed by atoms with Gasteiger partial charge in [0.25, 0.3) is 0 Å². The van der Waals surface area contributed by atoms with Gasteiger partial charge in [0.05, 0.1) is 22.9 Å². The van der Waals surface area contributed by atoms with Gasteiger partial charge in [-0.3, -0.25) is 0 Å². The Morgan fingerprint density at radius 1 is 1.47 bits per heavy atom. The molecule has 0 unspecified atom stereocenters. The average molecular weight is 298 g/mol. The molecule has 2 rings (SSSR count). The molecule has 0 aliphatic carbocycles. The van der Waals surface area contributed by atoms with Crippen LogP contribution in [0.1, 0.15) is 17.3 Å². The van der Waals surface area contributed by atoms with Crippen molar-refractivity contribution in [3.05, 3.63) is 27.9 Å². The summed E-state index contributed by atoms with van der Waals surface area (Å²) in [6.07, 6.45) is 1.61. The number of nitrogens with zero attached hydrogens (tertiary/aromatic N) is 3. The molecule has 0 fully saturated rings. The van der Waals surface area contributed by atoms with Gasteiger partial charge in [-0.05, 0) is 35.3 Å². The first-order valence-corrected chi connectivity index (χ1v) is 5.81. The number of hydrogen-bond donors (Lipinski definition) is 2. The van der Waals surface area contributed by atoms with E-state index in [9.17, 15) is 0 Å². The number of hydrogen-bond acceptors (Lipinski definition) is 6. The predicted octanol–water partition coefficient (Wildman–Crippen LogP) is 2.04. The minimum Gasteiger partial charge on any atom is -0.397 e. The standard InChI is InChI=1S/C10H12BrN5O/c1-5-7(12)3-13-10(9(5)11)14-4-8-15-6(2)16-17-8/h3H,4,12H2,1-2H3,(H,13,14). The normalized spacial score (nSPS) is 10.5. The minimum atomic E-state index is 0.426. The van der Waals surface area contributed by atoms with Crippen LogP contribution in [0.25, 0.3) is 0 Å². The van der Waals surface area contributed by atoms with Gasteiger partial charge in [0.2, 0.25) is 5.89 Å². The number of nitrogens with two attached hydrogens (primary N) is 1. The number of nitrogens with one attached hydrogen (secondary N) is 1. The summed E-state index contributed by atoms with van der Waals surface area (Å²) < 4.78 is 5.83. The fourth-order valence-corrected chi connectivity index (χ4v) is 1.76. The zero-order valence-corrected chi connectivity index (χ0v) is 11.1. The molecule has 17 heavy (non-hydrogen) atoms. The van der Waals surface area contributed by atoms with E-state index < -0.39 is 0 Å². The Morgan fingerprint density at radius 3 is 2.88 bits per heavy atom. The Labute approximate surface area is 107 Å². The van der Waals surface area contributed by atoms with Crippen LogP contribution in [-0.4, -0.2) is 15.1 Å². The van der Waals surface area contributed by atoms with Crippen molar-refractivity contribution in [2.75, 3.05) is 11.1 Å². The van der Waals surface area contributed by atoms with Crippen molar-refractivity contribution in [2.45, 2.75) is 20.4 Å². The number of pyridine rings is 1. The van der Waals surface area contributed by atoms with Crippen LogP contribution >= 0.6 is 15.9 Å². The van der Waals surface area contributed by atoms with E-state index in [0.29, 0.717) is 29.8 Å². The monoisotopic (exact) mass is 297 g/mol. The summed E-state index contributed by atoms with van der Waals surface area (Å²) in [4.78, 5) is 8.28. The number of rotatable bonds is 3. The van der Waals surface area contributed by atoms with E-state index in [2.05, 4.69) is 36.4 Å². The molecule has 2 aromatic heterocycles. The lowest BCUT2D eigenvalue weighted by atomic mass is 10.2. The zero-order valence-electron chi connectivity index (χ0n) is 9.49. The van der Waals surface area contributed by atoms with Gasteiger partial charge in [-0.15, -0.1) is 0 Å². The van der Waals surface area contributed by atoms with Gasteiger partial charge in [-0.2, -0.15) is 4.98 Å². The maximum absolute atomic E-state index is 5.74. The van der Waals surface area contributed by atoms with Crippen LogP contribution < -0.4 is 11.1 Å². The fraction of sp³-hybridized carbons (Fsp3) is 0.300. The second-order valence-corrected chi connectivity index (χ2v) is 4.38. The van der Waals surface area contributed by atoms with Crippen molar-refractivity contribution in [1.82, 2.24) is 15.1 Å². The lowest BCUT2D eigenvalue weighted by Gasteiger charge is -2.09. The van der Waals surface area contributed by atoms with E-state index in [4.69, 9.17) is 10.3 Å². The molecule has 0 saturated heterocycles. The zero-order chi connectivity index (χ0) is 12.4. The molecular formula is C10H12BrN5O. The molecule has 90 valence electrons. The Balaban J connectivity index is 2.12. The molecule has 0 aromatic carbocycles. The van der Waals surface area contributed by atoms with Crippen molar-refractivity contribution >= 4 is 27.4 Å². The molecule has 0 aliphatic rings. The van der Waals surface area contributed by atoms with E-state index in [1.54, 1.807) is 13.1 Å². The molecule has 6 nitrogen and oxygen atoms in total. The Hall–Kier alpha value is -1.63. The molecule has 2 heterocycles. The van der Waals surface area contributed by atoms with Crippen LogP contribution in [0.5, 0.6) is 0 Å². The summed E-state index contributed by atoms with van der Waals surface area (Å²) in [5.74, 6) is 1.83. The lowest BCUT2D eigenvalue weighted by molar-refractivity contribution is 0.379. The van der Waals surface area contributed by atoms with Crippen LogP contribution in [-0.2, 0) is 6.54 Å². The summed E-state index contributed by atoms with van der Waals surface area (Å²) in [5.41, 5.74) is 7.34. The first-order chi connectivity index (χ1) is 8.08. The summed E-state index contributed by atoms with van der Waals surface area (Å²) in [6.45, 7) is 4.12.